The summed E-state index contributed by atoms with van der Waals surface area (Å²) in [7, 11) is 0. The summed E-state index contributed by atoms with van der Waals surface area (Å²) < 4.78 is 1.42. The lowest BCUT2D eigenvalue weighted by atomic mass is 9.88. The van der Waals surface area contributed by atoms with Crippen LogP contribution in [-0.2, 0) is 0 Å². The fourth-order valence-corrected chi connectivity index (χ4v) is 2.35. The van der Waals surface area contributed by atoms with Crippen molar-refractivity contribution in [3.63, 3.8) is 0 Å². The van der Waals surface area contributed by atoms with E-state index in [2.05, 4.69) is 18.1 Å². The van der Waals surface area contributed by atoms with Crippen LogP contribution >= 0.6 is 12.8 Å². The normalized spacial score (nSPS) is 12.3. The van der Waals surface area contributed by atoms with Gasteiger partial charge in [0.15, 0.2) is 0 Å². The third-order valence-electron chi connectivity index (χ3n) is 4.12. The van der Waals surface area contributed by atoms with Crippen LogP contribution in [0.4, 0.5) is 4.79 Å². The number of aliphatic hydroxyl groups excluding tert-OH is 2. The molecule has 0 aromatic rings. The maximum absolute atomic E-state index is 11.9. The summed E-state index contributed by atoms with van der Waals surface area (Å²) in [5, 5.41) is 21.2. The van der Waals surface area contributed by atoms with E-state index in [1.165, 1.54) is 4.31 Å². The van der Waals surface area contributed by atoms with Gasteiger partial charge < -0.3 is 15.5 Å². The van der Waals surface area contributed by atoms with Gasteiger partial charge in [0.2, 0.25) is 0 Å². The van der Waals surface area contributed by atoms with Gasteiger partial charge in [-0.2, -0.15) is 0 Å². The number of nitrogens with zero attached hydrogens (tertiary/aromatic N) is 1. The first kappa shape index (κ1) is 22.5. The summed E-state index contributed by atoms with van der Waals surface area (Å²) in [6.07, 6.45) is 5.62. The van der Waals surface area contributed by atoms with E-state index in [1.807, 2.05) is 27.7 Å². The quantitative estimate of drug-likeness (QED) is 0.323. The topological polar surface area (TPSA) is 72.8 Å². The van der Waals surface area contributed by atoms with Crippen LogP contribution < -0.4 is 5.32 Å². The third kappa shape index (κ3) is 11.7. The minimum Gasteiger partial charge on any atom is -0.396 e. The molecule has 23 heavy (non-hydrogen) atoms. The maximum atomic E-state index is 11.9. The summed E-state index contributed by atoms with van der Waals surface area (Å²) >= 11 is 4.22. The number of aliphatic hydroxyl groups is 2. The van der Waals surface area contributed by atoms with E-state index in [9.17, 15) is 15.0 Å². The Morgan fingerprint density at radius 3 is 1.91 bits per heavy atom. The number of unbranched alkanes of at least 4 members (excludes halogenated alkanes) is 2. The van der Waals surface area contributed by atoms with Crippen molar-refractivity contribution < 1.29 is 15.0 Å². The Bertz CT molecular complexity index is 336. The van der Waals surface area contributed by atoms with Crippen LogP contribution in [-0.4, -0.2) is 46.9 Å². The third-order valence-corrected chi connectivity index (χ3v) is 4.50. The molecule has 0 aromatic carbocycles. The van der Waals surface area contributed by atoms with Crippen molar-refractivity contribution in [1.29, 1.82) is 0 Å². The highest BCUT2D eigenvalue weighted by molar-refractivity contribution is 7.78. The van der Waals surface area contributed by atoms with E-state index >= 15 is 0 Å². The first-order chi connectivity index (χ1) is 10.6. The van der Waals surface area contributed by atoms with Crippen LogP contribution in [0.2, 0.25) is 0 Å². The highest BCUT2D eigenvalue weighted by Crippen LogP contribution is 2.22. The highest BCUT2D eigenvalue weighted by atomic mass is 32.1. The first-order valence-electron chi connectivity index (χ1n) is 8.59. The Morgan fingerprint density at radius 2 is 1.43 bits per heavy atom. The zero-order valence-corrected chi connectivity index (χ0v) is 16.2. The highest BCUT2D eigenvalue weighted by Gasteiger charge is 2.17. The number of rotatable bonds is 12. The van der Waals surface area contributed by atoms with E-state index in [4.69, 9.17) is 0 Å². The van der Waals surface area contributed by atoms with Crippen molar-refractivity contribution >= 4 is 18.8 Å². The van der Waals surface area contributed by atoms with Gasteiger partial charge in [-0.3, -0.25) is 4.31 Å². The van der Waals surface area contributed by atoms with Gasteiger partial charge in [-0.05, 0) is 36.5 Å². The number of carbonyl (C=O) groups is 1. The lowest BCUT2D eigenvalue weighted by Crippen LogP contribution is -2.35. The molecule has 0 atom stereocenters. The molecule has 0 unspecified atom stereocenters. The number of carbonyl (C=O) groups excluding carboxylic acids is 1. The Labute approximate surface area is 147 Å². The molecular weight excluding hydrogens is 312 g/mol. The van der Waals surface area contributed by atoms with Gasteiger partial charge in [-0.1, -0.05) is 53.4 Å². The number of nitrogens with one attached hydrogen (secondary N) is 1. The molecular formula is C17H36N2O3S. The van der Waals surface area contributed by atoms with Gasteiger partial charge in [0, 0.05) is 26.3 Å². The summed E-state index contributed by atoms with van der Waals surface area (Å²) in [4.78, 5) is 11.9. The van der Waals surface area contributed by atoms with E-state index in [0.717, 1.165) is 38.5 Å². The van der Waals surface area contributed by atoms with Crippen molar-refractivity contribution in [2.75, 3.05) is 26.3 Å². The van der Waals surface area contributed by atoms with Crippen LogP contribution in [0, 0.1) is 10.8 Å². The average molecular weight is 349 g/mol. The molecule has 0 aliphatic rings. The Kier molecular flexibility index (Phi) is 10.9. The van der Waals surface area contributed by atoms with Gasteiger partial charge >= 0.3 is 6.03 Å². The predicted octanol–water partition coefficient (Wildman–Crippen LogP) is 3.22. The lowest BCUT2D eigenvalue weighted by molar-refractivity contribution is 0.146. The van der Waals surface area contributed by atoms with Crippen LogP contribution in [0.3, 0.4) is 0 Å². The largest absolute Gasteiger partial charge is 0.396 e. The van der Waals surface area contributed by atoms with E-state index in [1.54, 1.807) is 0 Å². The number of urea groups is 1. The van der Waals surface area contributed by atoms with Gasteiger partial charge in [0.1, 0.15) is 0 Å². The Morgan fingerprint density at radius 1 is 0.957 bits per heavy atom. The number of amides is 2. The lowest BCUT2D eigenvalue weighted by Gasteiger charge is -2.22. The molecule has 0 aromatic heterocycles. The molecule has 6 heteroatoms. The summed E-state index contributed by atoms with van der Waals surface area (Å²) in [6, 6.07) is -0.156. The van der Waals surface area contributed by atoms with Crippen LogP contribution in [0.25, 0.3) is 0 Å². The second-order valence-corrected chi connectivity index (χ2v) is 8.40. The summed E-state index contributed by atoms with van der Waals surface area (Å²) in [5.41, 5.74) is -0.0893. The van der Waals surface area contributed by atoms with E-state index < -0.39 is 0 Å². The molecule has 2 amide bonds. The Balaban J connectivity index is 3.71. The molecule has 5 nitrogen and oxygen atoms in total. The second kappa shape index (κ2) is 11.2. The summed E-state index contributed by atoms with van der Waals surface area (Å²) in [6.45, 7) is 9.77. The molecule has 138 valence electrons. The standard InChI is InChI=1S/C17H36N2O3S/c1-16(2,13-20)9-5-7-11-18-15(22)19(23)12-8-6-10-17(3,4)14-21/h20-21,23H,5-14H2,1-4H3,(H,18,22). The number of hydrogen-bond donors (Lipinski definition) is 4. The van der Waals surface area contributed by atoms with Gasteiger partial charge in [0.25, 0.3) is 0 Å². The molecule has 0 heterocycles. The van der Waals surface area contributed by atoms with Gasteiger partial charge in [0.05, 0.1) is 0 Å². The number of thiol groups is 1. The zero-order valence-electron chi connectivity index (χ0n) is 15.3. The van der Waals surface area contributed by atoms with Gasteiger partial charge in [-0.15, -0.1) is 0 Å². The molecule has 0 rings (SSSR count). The summed E-state index contributed by atoms with van der Waals surface area (Å²) in [5.74, 6) is 0. The average Bonchev–Trinajstić information content (AvgIpc) is 2.50. The molecule has 0 fully saturated rings. The molecule has 0 saturated heterocycles. The molecule has 0 bridgehead atoms. The molecule has 3 N–H and O–H groups in total. The van der Waals surface area contributed by atoms with Crippen molar-refractivity contribution in [1.82, 2.24) is 9.62 Å². The van der Waals surface area contributed by atoms with Crippen LogP contribution in [0.5, 0.6) is 0 Å². The number of hydrogen-bond acceptors (Lipinski definition) is 4. The van der Waals surface area contributed by atoms with Crippen molar-refractivity contribution in [3.8, 4) is 0 Å². The monoisotopic (exact) mass is 348 g/mol. The smallest absolute Gasteiger partial charge is 0.327 e. The minimum atomic E-state index is -0.156. The second-order valence-electron chi connectivity index (χ2n) is 7.91. The van der Waals surface area contributed by atoms with Gasteiger partial charge in [-0.25, -0.2) is 4.79 Å². The zero-order chi connectivity index (χ0) is 17.9. The van der Waals surface area contributed by atoms with Crippen molar-refractivity contribution in [2.24, 2.45) is 10.8 Å². The minimum absolute atomic E-state index is 0.0397. The molecule has 0 radical (unpaired) electrons. The predicted molar refractivity (Wildman–Crippen MR) is 98.5 cm³/mol. The Hall–Kier alpha value is -0.460. The molecule has 0 aliphatic carbocycles. The van der Waals surface area contributed by atoms with Crippen LogP contribution in [0.15, 0.2) is 0 Å². The molecule has 0 spiro atoms. The molecule has 0 aliphatic heterocycles. The first-order valence-corrected chi connectivity index (χ1v) is 8.99. The van der Waals surface area contributed by atoms with Crippen LogP contribution in [0.1, 0.15) is 66.2 Å². The van der Waals surface area contributed by atoms with Crippen molar-refractivity contribution in [2.45, 2.75) is 66.2 Å². The fraction of sp³-hybridized carbons (Fsp3) is 0.941. The fourth-order valence-electron chi connectivity index (χ4n) is 2.14. The van der Waals surface area contributed by atoms with E-state index in [0.29, 0.717) is 13.1 Å². The SMILES string of the molecule is CC(C)(CO)CCCCNC(=O)N(S)CCCCC(C)(C)CO. The van der Waals surface area contributed by atoms with E-state index in [-0.39, 0.29) is 30.1 Å². The molecule has 0 saturated carbocycles. The maximum Gasteiger partial charge on any atom is 0.327 e. The van der Waals surface area contributed by atoms with Crippen molar-refractivity contribution in [3.05, 3.63) is 0 Å².